The van der Waals surface area contributed by atoms with Gasteiger partial charge in [0.1, 0.15) is 0 Å². The first kappa shape index (κ1) is 17.3. The number of likely N-dealkylation sites (tertiary alicyclic amines) is 1. The van der Waals surface area contributed by atoms with Crippen LogP contribution in [0.3, 0.4) is 0 Å². The largest absolute Gasteiger partial charge is 0.312 e. The number of piperidine rings is 1. The van der Waals surface area contributed by atoms with Gasteiger partial charge in [0.25, 0.3) is 0 Å². The highest BCUT2D eigenvalue weighted by molar-refractivity contribution is 4.97. The summed E-state index contributed by atoms with van der Waals surface area (Å²) >= 11 is 0. The molecule has 1 aliphatic carbocycles. The minimum atomic E-state index is 0.723. The predicted octanol–water partition coefficient (Wildman–Crippen LogP) is 4.44. The minimum Gasteiger partial charge on any atom is -0.312 e. The second-order valence-corrected chi connectivity index (χ2v) is 7.78. The van der Waals surface area contributed by atoms with Crippen LogP contribution in [0.1, 0.15) is 79.1 Å². The maximum atomic E-state index is 3.90. The molecule has 0 amide bonds. The van der Waals surface area contributed by atoms with Crippen molar-refractivity contribution in [3.63, 3.8) is 0 Å². The predicted molar refractivity (Wildman–Crippen MR) is 92.7 cm³/mol. The van der Waals surface area contributed by atoms with E-state index in [9.17, 15) is 0 Å². The molecule has 2 fully saturated rings. The quantitative estimate of drug-likeness (QED) is 0.779. The Morgan fingerprint density at radius 1 is 1.05 bits per heavy atom. The summed E-state index contributed by atoms with van der Waals surface area (Å²) in [4.78, 5) is 2.93. The zero-order chi connectivity index (χ0) is 15.2. The smallest absolute Gasteiger partial charge is 0.0278 e. The summed E-state index contributed by atoms with van der Waals surface area (Å²) in [6.45, 7) is 12.1. The maximum absolute atomic E-state index is 3.90. The molecule has 21 heavy (non-hydrogen) atoms. The Morgan fingerprint density at radius 2 is 1.86 bits per heavy atom. The van der Waals surface area contributed by atoms with E-state index in [0.29, 0.717) is 0 Å². The molecular formula is C19H38N2. The summed E-state index contributed by atoms with van der Waals surface area (Å²) in [5, 5.41) is 3.90. The van der Waals surface area contributed by atoms with E-state index in [1.807, 2.05) is 0 Å². The first-order chi connectivity index (χ1) is 10.2. The van der Waals surface area contributed by atoms with Crippen LogP contribution in [0, 0.1) is 11.8 Å². The van der Waals surface area contributed by atoms with Gasteiger partial charge in [0.15, 0.2) is 0 Å². The molecule has 5 atom stereocenters. The average Bonchev–Trinajstić information content (AvgIpc) is 2.46. The second kappa shape index (κ2) is 8.53. The highest BCUT2D eigenvalue weighted by atomic mass is 15.2. The standard InChI is InChI=1S/C19H38N2/c1-5-9-17-10-7-8-12-21(17)19-16(4)13-15(3)14-18(19)20-11-6-2/h15-20H,5-14H2,1-4H3. The zero-order valence-corrected chi connectivity index (χ0v) is 14.9. The van der Waals surface area contributed by atoms with Crippen molar-refractivity contribution in [1.82, 2.24) is 10.2 Å². The lowest BCUT2D eigenvalue weighted by Crippen LogP contribution is -2.60. The molecule has 0 spiro atoms. The van der Waals surface area contributed by atoms with Gasteiger partial charge < -0.3 is 5.32 Å². The monoisotopic (exact) mass is 294 g/mol. The fraction of sp³-hybridized carbons (Fsp3) is 1.00. The average molecular weight is 295 g/mol. The van der Waals surface area contributed by atoms with Gasteiger partial charge in [0.05, 0.1) is 0 Å². The maximum Gasteiger partial charge on any atom is 0.0278 e. The van der Waals surface area contributed by atoms with Crippen molar-refractivity contribution in [2.75, 3.05) is 13.1 Å². The van der Waals surface area contributed by atoms with Crippen molar-refractivity contribution in [3.8, 4) is 0 Å². The van der Waals surface area contributed by atoms with E-state index < -0.39 is 0 Å². The van der Waals surface area contributed by atoms with Gasteiger partial charge in [-0.2, -0.15) is 0 Å². The van der Waals surface area contributed by atoms with Crippen LogP contribution in [0.15, 0.2) is 0 Å². The van der Waals surface area contributed by atoms with Gasteiger partial charge in [0.2, 0.25) is 0 Å². The zero-order valence-electron chi connectivity index (χ0n) is 14.9. The molecule has 1 saturated carbocycles. The highest BCUT2D eigenvalue weighted by Crippen LogP contribution is 2.36. The van der Waals surface area contributed by atoms with Gasteiger partial charge in [-0.05, 0) is 63.5 Å². The van der Waals surface area contributed by atoms with E-state index in [4.69, 9.17) is 0 Å². The Hall–Kier alpha value is -0.0800. The van der Waals surface area contributed by atoms with Gasteiger partial charge in [0, 0.05) is 18.1 Å². The molecule has 0 bridgehead atoms. The van der Waals surface area contributed by atoms with E-state index in [1.54, 1.807) is 0 Å². The molecule has 5 unspecified atom stereocenters. The number of hydrogen-bond donors (Lipinski definition) is 1. The second-order valence-electron chi connectivity index (χ2n) is 7.78. The first-order valence-corrected chi connectivity index (χ1v) is 9.66. The van der Waals surface area contributed by atoms with Crippen LogP contribution in [-0.2, 0) is 0 Å². The van der Waals surface area contributed by atoms with E-state index in [2.05, 4.69) is 37.9 Å². The van der Waals surface area contributed by atoms with Gasteiger partial charge >= 0.3 is 0 Å². The van der Waals surface area contributed by atoms with Crippen LogP contribution in [0.25, 0.3) is 0 Å². The number of nitrogens with one attached hydrogen (secondary N) is 1. The number of rotatable bonds is 6. The van der Waals surface area contributed by atoms with Crippen LogP contribution < -0.4 is 5.32 Å². The summed E-state index contributed by atoms with van der Waals surface area (Å²) in [5.41, 5.74) is 0. The fourth-order valence-corrected chi connectivity index (χ4v) is 4.99. The molecule has 1 saturated heterocycles. The molecule has 2 heteroatoms. The number of nitrogens with zero attached hydrogens (tertiary/aromatic N) is 1. The van der Waals surface area contributed by atoms with Crippen molar-refractivity contribution in [2.45, 2.75) is 97.2 Å². The molecule has 0 aromatic carbocycles. The molecule has 1 N–H and O–H groups in total. The Balaban J connectivity index is 2.10. The topological polar surface area (TPSA) is 15.3 Å². The lowest BCUT2D eigenvalue weighted by Gasteiger charge is -2.50. The Kier molecular flexibility index (Phi) is 7.01. The summed E-state index contributed by atoms with van der Waals surface area (Å²) in [6, 6.07) is 2.36. The van der Waals surface area contributed by atoms with Crippen LogP contribution in [0.4, 0.5) is 0 Å². The summed E-state index contributed by atoms with van der Waals surface area (Å²) < 4.78 is 0. The fourth-order valence-electron chi connectivity index (χ4n) is 4.99. The third-order valence-corrected chi connectivity index (χ3v) is 5.76. The third kappa shape index (κ3) is 4.45. The Labute approximate surface area is 133 Å². The van der Waals surface area contributed by atoms with Crippen molar-refractivity contribution in [2.24, 2.45) is 11.8 Å². The van der Waals surface area contributed by atoms with Gasteiger partial charge in [-0.3, -0.25) is 4.90 Å². The van der Waals surface area contributed by atoms with Crippen LogP contribution in [0.5, 0.6) is 0 Å². The van der Waals surface area contributed by atoms with Gasteiger partial charge in [-0.25, -0.2) is 0 Å². The molecule has 1 aliphatic heterocycles. The lowest BCUT2D eigenvalue weighted by atomic mass is 9.74. The Morgan fingerprint density at radius 3 is 2.57 bits per heavy atom. The van der Waals surface area contributed by atoms with Crippen molar-refractivity contribution in [1.29, 1.82) is 0 Å². The van der Waals surface area contributed by atoms with E-state index >= 15 is 0 Å². The van der Waals surface area contributed by atoms with E-state index in [0.717, 1.165) is 30.0 Å². The minimum absolute atomic E-state index is 0.723. The SMILES string of the molecule is CCCNC1CC(C)CC(C)C1N1CCCCC1CCC. The van der Waals surface area contributed by atoms with Crippen molar-refractivity contribution in [3.05, 3.63) is 0 Å². The third-order valence-electron chi connectivity index (χ3n) is 5.76. The van der Waals surface area contributed by atoms with E-state index in [1.165, 1.54) is 64.5 Å². The molecule has 2 aliphatic rings. The Bertz CT molecular complexity index is 289. The molecule has 0 aromatic rings. The first-order valence-electron chi connectivity index (χ1n) is 9.66. The summed E-state index contributed by atoms with van der Waals surface area (Å²) in [7, 11) is 0. The van der Waals surface area contributed by atoms with Crippen molar-refractivity contribution < 1.29 is 0 Å². The molecule has 124 valence electrons. The van der Waals surface area contributed by atoms with Crippen molar-refractivity contribution >= 4 is 0 Å². The van der Waals surface area contributed by atoms with Crippen LogP contribution in [-0.4, -0.2) is 36.1 Å². The lowest BCUT2D eigenvalue weighted by molar-refractivity contribution is 0.00826. The molecule has 2 rings (SSSR count). The van der Waals surface area contributed by atoms with Crippen LogP contribution in [0.2, 0.25) is 0 Å². The van der Waals surface area contributed by atoms with E-state index in [-0.39, 0.29) is 0 Å². The van der Waals surface area contributed by atoms with Gasteiger partial charge in [-0.1, -0.05) is 40.5 Å². The summed E-state index contributed by atoms with van der Waals surface area (Å²) in [5.74, 6) is 1.74. The molecule has 2 nitrogen and oxygen atoms in total. The molecule has 0 radical (unpaired) electrons. The normalized spacial score (nSPS) is 38.6. The number of hydrogen-bond acceptors (Lipinski definition) is 2. The molecule has 0 aromatic heterocycles. The van der Waals surface area contributed by atoms with Gasteiger partial charge in [-0.15, -0.1) is 0 Å². The molecule has 1 heterocycles. The highest BCUT2D eigenvalue weighted by Gasteiger charge is 2.40. The molecular weight excluding hydrogens is 256 g/mol. The summed E-state index contributed by atoms with van der Waals surface area (Å²) in [6.07, 6.45) is 11.1. The van der Waals surface area contributed by atoms with Crippen LogP contribution >= 0.6 is 0 Å².